The Morgan fingerprint density at radius 3 is 2.62 bits per heavy atom. The van der Waals surface area contributed by atoms with Crippen LogP contribution in [0, 0.1) is 18.8 Å². The molecule has 2 rings (SSSR count). The van der Waals surface area contributed by atoms with Gasteiger partial charge in [0.1, 0.15) is 0 Å². The SMILES string of the molecule is CCC(C)C1CN(Cc2csc(C)n2)C(C(C)CC)CN1. The molecule has 0 aliphatic carbocycles. The van der Waals surface area contributed by atoms with Crippen molar-refractivity contribution >= 4 is 11.3 Å². The summed E-state index contributed by atoms with van der Waals surface area (Å²) in [6.45, 7) is 14.7. The molecule has 120 valence electrons. The third-order valence-corrected chi connectivity index (χ3v) is 5.98. The molecule has 4 atom stereocenters. The average molecular weight is 310 g/mol. The maximum Gasteiger partial charge on any atom is 0.0897 e. The molecule has 1 aromatic rings. The predicted octanol–water partition coefficient (Wildman–Crippen LogP) is 3.69. The Bertz CT molecular complexity index is 431. The molecule has 1 aliphatic rings. The highest BCUT2D eigenvalue weighted by Gasteiger charge is 2.32. The fourth-order valence-corrected chi connectivity index (χ4v) is 3.83. The zero-order valence-corrected chi connectivity index (χ0v) is 15.0. The lowest BCUT2D eigenvalue weighted by Crippen LogP contribution is -2.59. The molecule has 1 saturated heterocycles. The highest BCUT2D eigenvalue weighted by molar-refractivity contribution is 7.09. The summed E-state index contributed by atoms with van der Waals surface area (Å²) in [5.41, 5.74) is 1.25. The second-order valence-corrected chi connectivity index (χ2v) is 7.70. The molecule has 0 saturated carbocycles. The first kappa shape index (κ1) is 16.9. The maximum atomic E-state index is 4.67. The molecule has 3 nitrogen and oxygen atoms in total. The summed E-state index contributed by atoms with van der Waals surface area (Å²) in [5.74, 6) is 1.47. The monoisotopic (exact) mass is 309 g/mol. The van der Waals surface area contributed by atoms with Gasteiger partial charge >= 0.3 is 0 Å². The molecule has 1 N–H and O–H groups in total. The normalized spacial score (nSPS) is 26.7. The van der Waals surface area contributed by atoms with Crippen LogP contribution in [0.4, 0.5) is 0 Å². The van der Waals surface area contributed by atoms with E-state index < -0.39 is 0 Å². The molecule has 1 aliphatic heterocycles. The third kappa shape index (κ3) is 4.27. The Labute approximate surface area is 134 Å². The number of hydrogen-bond donors (Lipinski definition) is 1. The third-order valence-electron chi connectivity index (χ3n) is 5.15. The van der Waals surface area contributed by atoms with Gasteiger partial charge in [-0.05, 0) is 18.8 Å². The smallest absolute Gasteiger partial charge is 0.0897 e. The van der Waals surface area contributed by atoms with E-state index in [9.17, 15) is 0 Å². The first-order valence-corrected chi connectivity index (χ1v) is 9.31. The van der Waals surface area contributed by atoms with Crippen LogP contribution in [0.25, 0.3) is 0 Å². The molecule has 0 amide bonds. The van der Waals surface area contributed by atoms with Gasteiger partial charge in [-0.15, -0.1) is 11.3 Å². The Morgan fingerprint density at radius 2 is 2.05 bits per heavy atom. The molecule has 0 aromatic carbocycles. The van der Waals surface area contributed by atoms with Crippen molar-refractivity contribution < 1.29 is 0 Å². The van der Waals surface area contributed by atoms with Gasteiger partial charge in [-0.2, -0.15) is 0 Å². The minimum Gasteiger partial charge on any atom is -0.311 e. The summed E-state index contributed by atoms with van der Waals surface area (Å²) in [5, 5.41) is 7.20. The highest BCUT2D eigenvalue weighted by atomic mass is 32.1. The van der Waals surface area contributed by atoms with Gasteiger partial charge in [0.25, 0.3) is 0 Å². The molecular formula is C17H31N3S. The number of nitrogens with one attached hydrogen (secondary N) is 1. The molecule has 1 aromatic heterocycles. The number of aryl methyl sites for hydroxylation is 1. The number of piperazine rings is 1. The maximum absolute atomic E-state index is 4.67. The van der Waals surface area contributed by atoms with E-state index in [1.165, 1.54) is 23.5 Å². The first-order valence-electron chi connectivity index (χ1n) is 8.43. The molecule has 0 spiro atoms. The number of nitrogens with zero attached hydrogens (tertiary/aromatic N) is 2. The Hall–Kier alpha value is -0.450. The molecule has 0 bridgehead atoms. The van der Waals surface area contributed by atoms with Crippen LogP contribution >= 0.6 is 11.3 Å². The highest BCUT2D eigenvalue weighted by Crippen LogP contribution is 2.24. The van der Waals surface area contributed by atoms with Gasteiger partial charge in [0.05, 0.1) is 10.7 Å². The number of aromatic nitrogens is 1. The van der Waals surface area contributed by atoms with Gasteiger partial charge in [-0.1, -0.05) is 40.5 Å². The molecule has 4 unspecified atom stereocenters. The minimum absolute atomic E-state index is 0.620. The van der Waals surface area contributed by atoms with E-state index in [1.807, 2.05) is 0 Å². The summed E-state index contributed by atoms with van der Waals surface area (Å²) in [6.07, 6.45) is 2.49. The van der Waals surface area contributed by atoms with Crippen molar-refractivity contribution in [2.75, 3.05) is 13.1 Å². The largest absolute Gasteiger partial charge is 0.311 e. The topological polar surface area (TPSA) is 28.2 Å². The summed E-state index contributed by atoms with van der Waals surface area (Å²) in [7, 11) is 0. The lowest BCUT2D eigenvalue weighted by Gasteiger charge is -2.44. The number of thiazole rings is 1. The van der Waals surface area contributed by atoms with Crippen LogP contribution in [0.15, 0.2) is 5.38 Å². The van der Waals surface area contributed by atoms with Crippen molar-refractivity contribution in [1.29, 1.82) is 0 Å². The van der Waals surface area contributed by atoms with E-state index in [0.29, 0.717) is 12.1 Å². The van der Waals surface area contributed by atoms with Crippen LogP contribution in [0.5, 0.6) is 0 Å². The number of rotatable bonds is 6. The van der Waals surface area contributed by atoms with E-state index in [1.54, 1.807) is 11.3 Å². The van der Waals surface area contributed by atoms with E-state index in [2.05, 4.69) is 55.2 Å². The van der Waals surface area contributed by atoms with E-state index in [4.69, 9.17) is 0 Å². The fraction of sp³-hybridized carbons (Fsp3) is 0.824. The second-order valence-electron chi connectivity index (χ2n) is 6.64. The van der Waals surface area contributed by atoms with E-state index in [0.717, 1.165) is 31.5 Å². The van der Waals surface area contributed by atoms with Crippen molar-refractivity contribution in [1.82, 2.24) is 15.2 Å². The summed E-state index contributed by atoms with van der Waals surface area (Å²) >= 11 is 1.77. The van der Waals surface area contributed by atoms with E-state index in [-0.39, 0.29) is 0 Å². The van der Waals surface area contributed by atoms with Crippen molar-refractivity contribution in [3.8, 4) is 0 Å². The minimum atomic E-state index is 0.620. The van der Waals surface area contributed by atoms with Crippen molar-refractivity contribution in [2.24, 2.45) is 11.8 Å². The molecule has 0 radical (unpaired) electrons. The van der Waals surface area contributed by atoms with Gasteiger partial charge in [-0.25, -0.2) is 4.98 Å². The van der Waals surface area contributed by atoms with Crippen LogP contribution in [0.2, 0.25) is 0 Å². The molecule has 1 fully saturated rings. The molecule has 4 heteroatoms. The number of hydrogen-bond acceptors (Lipinski definition) is 4. The van der Waals surface area contributed by atoms with Crippen LogP contribution in [-0.4, -0.2) is 35.1 Å². The summed E-state index contributed by atoms with van der Waals surface area (Å²) in [4.78, 5) is 7.35. The lowest BCUT2D eigenvalue weighted by atomic mass is 9.90. The molecular weight excluding hydrogens is 278 g/mol. The van der Waals surface area contributed by atoms with Gasteiger partial charge in [0, 0.05) is 37.1 Å². The van der Waals surface area contributed by atoms with Crippen LogP contribution in [0.3, 0.4) is 0 Å². The Morgan fingerprint density at radius 1 is 1.33 bits per heavy atom. The molecule has 2 heterocycles. The van der Waals surface area contributed by atoms with Crippen LogP contribution in [-0.2, 0) is 6.54 Å². The van der Waals surface area contributed by atoms with Crippen molar-refractivity contribution in [2.45, 2.75) is 66.1 Å². The fourth-order valence-electron chi connectivity index (χ4n) is 3.22. The van der Waals surface area contributed by atoms with Crippen LogP contribution in [0.1, 0.15) is 51.2 Å². The lowest BCUT2D eigenvalue weighted by molar-refractivity contribution is 0.0684. The predicted molar refractivity (Wildman–Crippen MR) is 91.7 cm³/mol. The first-order chi connectivity index (χ1) is 10.0. The standard InChI is InChI=1S/C17H31N3S/c1-6-12(3)16-10-20(9-15-11-21-14(5)19-15)17(8-18-16)13(4)7-2/h11-13,16-18H,6-10H2,1-5H3. The zero-order valence-electron chi connectivity index (χ0n) is 14.2. The molecule has 21 heavy (non-hydrogen) atoms. The van der Waals surface area contributed by atoms with E-state index >= 15 is 0 Å². The second kappa shape index (κ2) is 7.70. The van der Waals surface area contributed by atoms with Gasteiger partial charge in [0.2, 0.25) is 0 Å². The quantitative estimate of drug-likeness (QED) is 0.869. The Kier molecular flexibility index (Phi) is 6.20. The zero-order chi connectivity index (χ0) is 15.4. The average Bonchev–Trinajstić information content (AvgIpc) is 2.90. The van der Waals surface area contributed by atoms with Gasteiger partial charge in [0.15, 0.2) is 0 Å². The van der Waals surface area contributed by atoms with Crippen molar-refractivity contribution in [3.63, 3.8) is 0 Å². The summed E-state index contributed by atoms with van der Waals surface area (Å²) in [6, 6.07) is 1.26. The van der Waals surface area contributed by atoms with Gasteiger partial charge in [-0.3, -0.25) is 4.90 Å². The summed E-state index contributed by atoms with van der Waals surface area (Å²) < 4.78 is 0. The van der Waals surface area contributed by atoms with Gasteiger partial charge < -0.3 is 5.32 Å². The van der Waals surface area contributed by atoms with Crippen molar-refractivity contribution in [3.05, 3.63) is 16.1 Å². The Balaban J connectivity index is 2.08. The van der Waals surface area contributed by atoms with Crippen LogP contribution < -0.4 is 5.32 Å².